The van der Waals surface area contributed by atoms with E-state index in [1.807, 2.05) is 12.1 Å². The smallest absolute Gasteiger partial charge is 0.231 e. The number of hydrogen-bond donors (Lipinski definition) is 0. The van der Waals surface area contributed by atoms with Crippen molar-refractivity contribution in [2.24, 2.45) is 0 Å². The van der Waals surface area contributed by atoms with Gasteiger partial charge in [0.2, 0.25) is 6.79 Å². The number of allylic oxidation sites excluding steroid dienone is 3. The number of ether oxygens (including phenoxy) is 3. The number of fused-ring (bicyclic) bond motifs is 1. The molecule has 0 bridgehead atoms. The summed E-state index contributed by atoms with van der Waals surface area (Å²) in [7, 11) is 1.80. The number of nitrogens with zero attached hydrogens (tertiary/aromatic N) is 1. The van der Waals surface area contributed by atoms with Crippen LogP contribution in [0.2, 0.25) is 0 Å². The molecular formula is C24H33NO3. The maximum Gasteiger partial charge on any atom is 0.231 e. The fourth-order valence-corrected chi connectivity index (χ4v) is 4.31. The highest BCUT2D eigenvalue weighted by atomic mass is 16.7. The van der Waals surface area contributed by atoms with E-state index >= 15 is 0 Å². The Morgan fingerprint density at radius 3 is 2.71 bits per heavy atom. The highest BCUT2D eigenvalue weighted by Gasteiger charge is 2.36. The normalized spacial score (nSPS) is 19.7. The Labute approximate surface area is 169 Å². The minimum Gasteiger partial charge on any atom is -0.454 e. The van der Waals surface area contributed by atoms with Crippen LogP contribution in [0.1, 0.15) is 44.6 Å². The fraction of sp³-hybridized carbons (Fsp3) is 0.500. The Morgan fingerprint density at radius 2 is 2.00 bits per heavy atom. The van der Waals surface area contributed by atoms with Gasteiger partial charge < -0.3 is 19.1 Å². The Hall–Kier alpha value is -2.04. The third-order valence-electron chi connectivity index (χ3n) is 5.83. The van der Waals surface area contributed by atoms with E-state index in [1.165, 1.54) is 32.4 Å². The second kappa shape index (κ2) is 9.94. The van der Waals surface area contributed by atoms with E-state index < -0.39 is 5.60 Å². The van der Waals surface area contributed by atoms with Crippen LogP contribution in [0.5, 0.6) is 11.5 Å². The van der Waals surface area contributed by atoms with Gasteiger partial charge in [-0.1, -0.05) is 43.4 Å². The molecule has 0 spiro atoms. The maximum atomic E-state index is 6.25. The van der Waals surface area contributed by atoms with Crippen molar-refractivity contribution in [3.63, 3.8) is 0 Å². The highest BCUT2D eigenvalue weighted by molar-refractivity contribution is 5.49. The minimum absolute atomic E-state index is 0.278. The second-order valence-corrected chi connectivity index (χ2v) is 7.44. The number of benzene rings is 1. The van der Waals surface area contributed by atoms with E-state index in [9.17, 15) is 0 Å². The molecule has 2 heterocycles. The van der Waals surface area contributed by atoms with E-state index in [-0.39, 0.29) is 6.79 Å². The summed E-state index contributed by atoms with van der Waals surface area (Å²) in [5.41, 5.74) is 1.71. The van der Waals surface area contributed by atoms with Crippen LogP contribution in [0.25, 0.3) is 0 Å². The van der Waals surface area contributed by atoms with Gasteiger partial charge in [-0.2, -0.15) is 0 Å². The van der Waals surface area contributed by atoms with Gasteiger partial charge in [0.1, 0.15) is 5.60 Å². The Balaban J connectivity index is 1.87. The summed E-state index contributed by atoms with van der Waals surface area (Å²) in [4.78, 5) is 2.58. The van der Waals surface area contributed by atoms with Crippen LogP contribution in [0.15, 0.2) is 54.7 Å². The van der Waals surface area contributed by atoms with Gasteiger partial charge in [-0.25, -0.2) is 0 Å². The lowest BCUT2D eigenvalue weighted by atomic mass is 9.81. The molecule has 0 radical (unpaired) electrons. The first-order valence-corrected chi connectivity index (χ1v) is 10.4. The molecule has 2 aliphatic rings. The lowest BCUT2D eigenvalue weighted by molar-refractivity contribution is 0.00936. The monoisotopic (exact) mass is 383 g/mol. The van der Waals surface area contributed by atoms with Crippen LogP contribution in [0, 0.1) is 0 Å². The number of hydrogen-bond acceptors (Lipinski definition) is 4. The molecule has 0 amide bonds. The van der Waals surface area contributed by atoms with Crippen molar-refractivity contribution < 1.29 is 14.2 Å². The van der Waals surface area contributed by atoms with Gasteiger partial charge in [0, 0.05) is 7.11 Å². The van der Waals surface area contributed by atoms with Crippen LogP contribution in [-0.4, -0.2) is 38.4 Å². The minimum atomic E-state index is -0.523. The van der Waals surface area contributed by atoms with Crippen molar-refractivity contribution >= 4 is 0 Å². The van der Waals surface area contributed by atoms with Gasteiger partial charge in [-0.05, 0) is 75.5 Å². The summed E-state index contributed by atoms with van der Waals surface area (Å²) >= 11 is 0. The Kier molecular flexibility index (Phi) is 7.35. The summed E-state index contributed by atoms with van der Waals surface area (Å²) in [6.07, 6.45) is 14.0. The first-order valence-electron chi connectivity index (χ1n) is 10.4. The predicted molar refractivity (Wildman–Crippen MR) is 114 cm³/mol. The van der Waals surface area contributed by atoms with Crippen molar-refractivity contribution in [1.82, 2.24) is 4.90 Å². The lowest BCUT2D eigenvalue weighted by Gasteiger charge is -2.36. The van der Waals surface area contributed by atoms with Crippen LogP contribution in [-0.2, 0) is 10.3 Å². The number of methoxy groups -OCH3 is 1. The SMILES string of the molecule is C=C/C=C\C(=C/C)C(CCCN1CCCCC1)(OC)c1ccc2c(c1)OCO2. The van der Waals surface area contributed by atoms with Gasteiger partial charge in [-0.15, -0.1) is 0 Å². The summed E-state index contributed by atoms with van der Waals surface area (Å²) in [6, 6.07) is 6.15. The number of likely N-dealkylation sites (tertiary alicyclic amines) is 1. The summed E-state index contributed by atoms with van der Waals surface area (Å²) in [5.74, 6) is 1.59. The van der Waals surface area contributed by atoms with Gasteiger partial charge in [0.05, 0.1) is 0 Å². The van der Waals surface area contributed by atoms with Crippen molar-refractivity contribution in [2.75, 3.05) is 33.5 Å². The van der Waals surface area contributed by atoms with Crippen molar-refractivity contribution in [2.45, 2.75) is 44.6 Å². The van der Waals surface area contributed by atoms with Crippen LogP contribution < -0.4 is 9.47 Å². The molecule has 0 N–H and O–H groups in total. The molecule has 1 fully saturated rings. The van der Waals surface area contributed by atoms with E-state index in [1.54, 1.807) is 13.2 Å². The molecule has 152 valence electrons. The molecule has 1 aromatic rings. The molecule has 1 saturated heterocycles. The molecule has 1 aromatic carbocycles. The highest BCUT2D eigenvalue weighted by Crippen LogP contribution is 2.43. The molecule has 0 aromatic heterocycles. The van der Waals surface area contributed by atoms with Crippen LogP contribution in [0.3, 0.4) is 0 Å². The molecule has 1 unspecified atom stereocenters. The summed E-state index contributed by atoms with van der Waals surface area (Å²) in [5, 5.41) is 0. The van der Waals surface area contributed by atoms with Gasteiger partial charge in [0.15, 0.2) is 11.5 Å². The average molecular weight is 384 g/mol. The molecule has 4 nitrogen and oxygen atoms in total. The predicted octanol–water partition coefficient (Wildman–Crippen LogP) is 5.21. The first-order chi connectivity index (χ1) is 13.7. The zero-order valence-corrected chi connectivity index (χ0v) is 17.3. The average Bonchev–Trinajstić information content (AvgIpc) is 3.21. The third kappa shape index (κ3) is 4.50. The zero-order valence-electron chi connectivity index (χ0n) is 17.3. The lowest BCUT2D eigenvalue weighted by Crippen LogP contribution is -2.34. The largest absolute Gasteiger partial charge is 0.454 e. The standard InChI is InChI=1S/C24H33NO3/c1-4-6-11-20(5-2)24(26-3,14-10-17-25-15-8-7-9-16-25)21-12-13-22-23(18-21)28-19-27-22/h4-6,11-13,18H,1,7-10,14-17,19H2,2-3H3/b11-6-,20-5+. The number of rotatable bonds is 9. The molecule has 1 atom stereocenters. The van der Waals surface area contributed by atoms with Crippen molar-refractivity contribution in [3.8, 4) is 11.5 Å². The van der Waals surface area contributed by atoms with Crippen molar-refractivity contribution in [3.05, 3.63) is 60.2 Å². The molecule has 4 heteroatoms. The molecule has 3 rings (SSSR count). The fourth-order valence-electron chi connectivity index (χ4n) is 4.31. The molecule has 0 aliphatic carbocycles. The van der Waals surface area contributed by atoms with Gasteiger partial charge >= 0.3 is 0 Å². The summed E-state index contributed by atoms with van der Waals surface area (Å²) < 4.78 is 17.4. The number of piperidine rings is 1. The van der Waals surface area contributed by atoms with E-state index in [2.05, 4.69) is 42.7 Å². The van der Waals surface area contributed by atoms with Crippen molar-refractivity contribution in [1.29, 1.82) is 0 Å². The third-order valence-corrected chi connectivity index (χ3v) is 5.83. The topological polar surface area (TPSA) is 30.9 Å². The first kappa shape index (κ1) is 20.7. The molecule has 2 aliphatic heterocycles. The van der Waals surface area contributed by atoms with E-state index in [4.69, 9.17) is 14.2 Å². The van der Waals surface area contributed by atoms with Gasteiger partial charge in [-0.3, -0.25) is 0 Å². The summed E-state index contributed by atoms with van der Waals surface area (Å²) in [6.45, 7) is 9.71. The Morgan fingerprint density at radius 1 is 1.21 bits per heavy atom. The Bertz CT molecular complexity index is 719. The van der Waals surface area contributed by atoms with Crippen LogP contribution >= 0.6 is 0 Å². The quantitative estimate of drug-likeness (QED) is 0.548. The second-order valence-electron chi connectivity index (χ2n) is 7.44. The molecule has 28 heavy (non-hydrogen) atoms. The van der Waals surface area contributed by atoms with Crippen LogP contribution in [0.4, 0.5) is 0 Å². The van der Waals surface area contributed by atoms with E-state index in [0.29, 0.717) is 0 Å². The van der Waals surface area contributed by atoms with E-state index in [0.717, 1.165) is 42.0 Å². The molecular weight excluding hydrogens is 350 g/mol. The maximum absolute atomic E-state index is 6.25. The van der Waals surface area contributed by atoms with Gasteiger partial charge in [0.25, 0.3) is 0 Å². The zero-order chi connectivity index (χ0) is 19.8. The molecule has 0 saturated carbocycles.